The summed E-state index contributed by atoms with van der Waals surface area (Å²) < 4.78 is 0. The normalized spacial score (nSPS) is 11.7. The molecule has 1 unspecified atom stereocenters. The Morgan fingerprint density at radius 2 is 1.65 bits per heavy atom. The van der Waals surface area contributed by atoms with Gasteiger partial charge in [-0.25, -0.2) is 0 Å². The molecule has 1 aromatic carbocycles. The maximum absolute atomic E-state index is 6.07. The summed E-state index contributed by atoms with van der Waals surface area (Å²) in [7, 11) is 0. The molecule has 1 aromatic rings. The number of aliphatic imine (C=N–C) groups is 1. The zero-order valence-corrected chi connectivity index (χ0v) is 13.5. The number of rotatable bonds is 9. The Morgan fingerprint density at radius 1 is 1.00 bits per heavy atom. The third-order valence-corrected chi connectivity index (χ3v) is 2.96. The summed E-state index contributed by atoms with van der Waals surface area (Å²) in [6.07, 6.45) is 7.49. The molecule has 0 heterocycles. The molecule has 0 amide bonds. The van der Waals surface area contributed by atoms with Crippen LogP contribution in [-0.4, -0.2) is 19.3 Å². The van der Waals surface area contributed by atoms with Gasteiger partial charge in [0.05, 0.1) is 0 Å². The number of unbranched alkanes of at least 4 members (excludes halogenated alkanes) is 3. The lowest BCUT2D eigenvalue weighted by molar-refractivity contribution is 0.653. The summed E-state index contributed by atoms with van der Waals surface area (Å²) in [6, 6.07) is 10.2. The second kappa shape index (κ2) is 14.8. The van der Waals surface area contributed by atoms with E-state index in [-0.39, 0.29) is 30.9 Å². The van der Waals surface area contributed by atoms with E-state index in [4.69, 9.17) is 11.5 Å². The van der Waals surface area contributed by atoms with E-state index >= 15 is 0 Å². The van der Waals surface area contributed by atoms with Crippen LogP contribution in [0.25, 0.3) is 0 Å². The highest BCUT2D eigenvalue weighted by Crippen LogP contribution is 2.11. The maximum Gasteiger partial charge on any atom is 0.0385 e. The molecule has 0 spiro atoms. The second-order valence-corrected chi connectivity index (χ2v) is 4.54. The van der Waals surface area contributed by atoms with E-state index in [1.807, 2.05) is 24.4 Å². The number of hydrogen-bond donors (Lipinski definition) is 2. The van der Waals surface area contributed by atoms with Crippen LogP contribution in [-0.2, 0) is 0 Å². The van der Waals surface area contributed by atoms with Crippen LogP contribution in [0.3, 0.4) is 0 Å². The molecular formula is C15H27Cl2N3. The first-order chi connectivity index (χ1) is 8.84. The van der Waals surface area contributed by atoms with Crippen molar-refractivity contribution >= 4 is 31.0 Å². The fourth-order valence-electron chi connectivity index (χ4n) is 1.82. The van der Waals surface area contributed by atoms with Crippen molar-refractivity contribution in [2.45, 2.75) is 38.1 Å². The first kappa shape index (κ1) is 21.7. The van der Waals surface area contributed by atoms with E-state index in [1.165, 1.54) is 18.4 Å². The number of nitrogens with two attached hydrogens (primary N) is 2. The molecule has 0 aliphatic rings. The highest BCUT2D eigenvalue weighted by molar-refractivity contribution is 5.85. The minimum Gasteiger partial charge on any atom is -0.330 e. The van der Waals surface area contributed by atoms with Crippen molar-refractivity contribution in [3.05, 3.63) is 35.9 Å². The van der Waals surface area contributed by atoms with Crippen LogP contribution >= 0.6 is 24.8 Å². The lowest BCUT2D eigenvalue weighted by atomic mass is 10.1. The van der Waals surface area contributed by atoms with Crippen LogP contribution in [0.5, 0.6) is 0 Å². The van der Waals surface area contributed by atoms with Gasteiger partial charge in [-0.3, -0.25) is 4.99 Å². The molecule has 0 aliphatic carbocycles. The van der Waals surface area contributed by atoms with Crippen molar-refractivity contribution in [2.24, 2.45) is 16.5 Å². The largest absolute Gasteiger partial charge is 0.330 e. The molecule has 0 fully saturated rings. The van der Waals surface area contributed by atoms with Crippen molar-refractivity contribution < 1.29 is 0 Å². The van der Waals surface area contributed by atoms with Crippen LogP contribution in [0, 0.1) is 0 Å². The van der Waals surface area contributed by atoms with Crippen LogP contribution in [0.15, 0.2) is 35.3 Å². The predicted molar refractivity (Wildman–Crippen MR) is 93.4 cm³/mol. The Kier molecular flexibility index (Phi) is 16.0. The summed E-state index contributed by atoms with van der Waals surface area (Å²) in [5, 5.41) is 0. The van der Waals surface area contributed by atoms with E-state index in [2.05, 4.69) is 17.1 Å². The summed E-state index contributed by atoms with van der Waals surface area (Å²) in [4.78, 5) is 4.40. The molecule has 3 nitrogen and oxygen atoms in total. The van der Waals surface area contributed by atoms with Crippen LogP contribution < -0.4 is 11.5 Å². The molecule has 1 atom stereocenters. The fourth-order valence-corrected chi connectivity index (χ4v) is 1.82. The molecule has 0 bridgehead atoms. The van der Waals surface area contributed by atoms with Crippen molar-refractivity contribution in [3.63, 3.8) is 0 Å². The summed E-state index contributed by atoms with van der Waals surface area (Å²) in [6.45, 7) is 1.71. The van der Waals surface area contributed by atoms with Gasteiger partial charge in [0.1, 0.15) is 0 Å². The van der Waals surface area contributed by atoms with E-state index in [1.54, 1.807) is 0 Å². The Hall–Kier alpha value is -0.610. The summed E-state index contributed by atoms with van der Waals surface area (Å²) in [5.74, 6) is 0. The fraction of sp³-hybridized carbons (Fsp3) is 0.533. The van der Waals surface area contributed by atoms with Gasteiger partial charge >= 0.3 is 0 Å². The summed E-state index contributed by atoms with van der Waals surface area (Å²) in [5.41, 5.74) is 12.7. The average Bonchev–Trinajstić information content (AvgIpc) is 2.42. The molecule has 4 N–H and O–H groups in total. The first-order valence-corrected chi connectivity index (χ1v) is 6.83. The van der Waals surface area contributed by atoms with Crippen LogP contribution in [0.4, 0.5) is 0 Å². The lowest BCUT2D eigenvalue weighted by Gasteiger charge is -2.08. The van der Waals surface area contributed by atoms with E-state index in [0.29, 0.717) is 0 Å². The molecule has 0 radical (unpaired) electrons. The molecule has 5 heteroatoms. The Bertz CT molecular complexity index is 331. The smallest absolute Gasteiger partial charge is 0.0385 e. The van der Waals surface area contributed by atoms with Gasteiger partial charge in [0.25, 0.3) is 0 Å². The number of benzene rings is 1. The lowest BCUT2D eigenvalue weighted by Crippen LogP contribution is -2.10. The third-order valence-electron chi connectivity index (χ3n) is 2.96. The third kappa shape index (κ3) is 10.2. The predicted octanol–water partition coefficient (Wildman–Crippen LogP) is 3.51. The van der Waals surface area contributed by atoms with Gasteiger partial charge in [0.15, 0.2) is 0 Å². The van der Waals surface area contributed by atoms with E-state index in [9.17, 15) is 0 Å². The topological polar surface area (TPSA) is 64.4 Å². The van der Waals surface area contributed by atoms with Gasteiger partial charge in [0, 0.05) is 25.2 Å². The SMILES string of the molecule is Cl.Cl.NCCCCCCN=CCC(N)c1ccccc1. The van der Waals surface area contributed by atoms with E-state index in [0.717, 1.165) is 32.4 Å². The molecule has 0 saturated heterocycles. The standard InChI is InChI=1S/C15H25N3.2ClH/c16-11-6-1-2-7-12-18-13-10-15(17)14-8-4-3-5-9-14;;/h3-5,8-9,13,15H,1-2,6-7,10-12,16-17H2;2*1H. The van der Waals surface area contributed by atoms with Gasteiger partial charge < -0.3 is 11.5 Å². The van der Waals surface area contributed by atoms with Crippen molar-refractivity contribution in [1.29, 1.82) is 0 Å². The highest BCUT2D eigenvalue weighted by atomic mass is 35.5. The van der Waals surface area contributed by atoms with Gasteiger partial charge in [-0.1, -0.05) is 43.2 Å². The minimum atomic E-state index is 0. The molecule has 0 aromatic heterocycles. The molecule has 0 aliphatic heterocycles. The van der Waals surface area contributed by atoms with Gasteiger partial charge in [-0.15, -0.1) is 24.8 Å². The quantitative estimate of drug-likeness (QED) is 0.540. The molecule has 1 rings (SSSR count). The van der Waals surface area contributed by atoms with Crippen LogP contribution in [0.1, 0.15) is 43.7 Å². The molecule has 116 valence electrons. The number of nitrogens with zero attached hydrogens (tertiary/aromatic N) is 1. The Balaban J connectivity index is 0. The number of halogens is 2. The van der Waals surface area contributed by atoms with Crippen molar-refractivity contribution in [3.8, 4) is 0 Å². The highest BCUT2D eigenvalue weighted by Gasteiger charge is 2.01. The van der Waals surface area contributed by atoms with Gasteiger partial charge in [-0.2, -0.15) is 0 Å². The Morgan fingerprint density at radius 3 is 2.30 bits per heavy atom. The zero-order valence-electron chi connectivity index (χ0n) is 11.9. The van der Waals surface area contributed by atoms with Gasteiger partial charge in [0.2, 0.25) is 0 Å². The zero-order chi connectivity index (χ0) is 13.1. The van der Waals surface area contributed by atoms with E-state index < -0.39 is 0 Å². The summed E-state index contributed by atoms with van der Waals surface area (Å²) >= 11 is 0. The van der Waals surface area contributed by atoms with Crippen LogP contribution in [0.2, 0.25) is 0 Å². The van der Waals surface area contributed by atoms with Crippen molar-refractivity contribution in [1.82, 2.24) is 0 Å². The monoisotopic (exact) mass is 319 g/mol. The minimum absolute atomic E-state index is 0. The molecule has 0 saturated carbocycles. The molecular weight excluding hydrogens is 293 g/mol. The number of hydrogen-bond acceptors (Lipinski definition) is 3. The Labute approximate surface area is 135 Å². The second-order valence-electron chi connectivity index (χ2n) is 4.54. The molecule has 20 heavy (non-hydrogen) atoms. The maximum atomic E-state index is 6.07. The van der Waals surface area contributed by atoms with Crippen molar-refractivity contribution in [2.75, 3.05) is 13.1 Å². The van der Waals surface area contributed by atoms with Gasteiger partial charge in [-0.05, 0) is 24.9 Å². The first-order valence-electron chi connectivity index (χ1n) is 6.83. The average molecular weight is 320 g/mol.